The van der Waals surface area contributed by atoms with Crippen molar-refractivity contribution in [3.8, 4) is 0 Å². The minimum absolute atomic E-state index is 0.0638. The largest absolute Gasteiger partial charge is 0.379 e. The second-order valence-electron chi connectivity index (χ2n) is 7.30. The highest BCUT2D eigenvalue weighted by Gasteiger charge is 2.13. The molecular formula is C21H23F2N5O2. The third kappa shape index (κ3) is 4.47. The number of nitrogens with one attached hydrogen (secondary N) is 1. The second-order valence-corrected chi connectivity index (χ2v) is 7.30. The van der Waals surface area contributed by atoms with Crippen molar-refractivity contribution in [3.63, 3.8) is 0 Å². The van der Waals surface area contributed by atoms with Crippen LogP contribution in [0, 0.1) is 11.6 Å². The predicted molar refractivity (Wildman–Crippen MR) is 110 cm³/mol. The summed E-state index contributed by atoms with van der Waals surface area (Å²) in [5.41, 5.74) is 0.874. The quantitative estimate of drug-likeness (QED) is 0.664. The molecule has 0 radical (unpaired) electrons. The number of anilines is 1. The Morgan fingerprint density at radius 1 is 1.17 bits per heavy atom. The van der Waals surface area contributed by atoms with Gasteiger partial charge in [-0.15, -0.1) is 0 Å². The van der Waals surface area contributed by atoms with Gasteiger partial charge in [0.05, 0.1) is 13.2 Å². The first-order valence-corrected chi connectivity index (χ1v) is 9.85. The molecule has 1 aromatic carbocycles. The Labute approximate surface area is 172 Å². The molecule has 0 spiro atoms. The number of fused-ring (bicyclic) bond motifs is 1. The van der Waals surface area contributed by atoms with E-state index in [0.29, 0.717) is 29.1 Å². The highest BCUT2D eigenvalue weighted by atomic mass is 19.1. The molecule has 0 atom stereocenters. The number of hydrogen-bond donors (Lipinski definition) is 1. The van der Waals surface area contributed by atoms with Gasteiger partial charge in [-0.3, -0.25) is 14.3 Å². The molecule has 30 heavy (non-hydrogen) atoms. The fraction of sp³-hybridized carbons (Fsp3) is 0.381. The molecule has 1 N–H and O–H groups in total. The fourth-order valence-corrected chi connectivity index (χ4v) is 3.55. The maximum atomic E-state index is 14.0. The highest BCUT2D eigenvalue weighted by molar-refractivity contribution is 5.76. The van der Waals surface area contributed by atoms with Gasteiger partial charge >= 0.3 is 0 Å². The van der Waals surface area contributed by atoms with Crippen LogP contribution in [0.15, 0.2) is 35.3 Å². The van der Waals surface area contributed by atoms with E-state index in [4.69, 9.17) is 4.74 Å². The summed E-state index contributed by atoms with van der Waals surface area (Å²) in [5.74, 6) is -0.874. The van der Waals surface area contributed by atoms with Crippen LogP contribution in [0.4, 0.5) is 14.7 Å². The summed E-state index contributed by atoms with van der Waals surface area (Å²) in [4.78, 5) is 23.9. The zero-order valence-electron chi connectivity index (χ0n) is 16.7. The summed E-state index contributed by atoms with van der Waals surface area (Å²) in [6.07, 6.45) is 1.71. The molecule has 0 saturated carbocycles. The summed E-state index contributed by atoms with van der Waals surface area (Å²) in [5, 5.41) is 3.87. The molecule has 3 aromatic rings. The van der Waals surface area contributed by atoms with Crippen molar-refractivity contribution < 1.29 is 13.5 Å². The van der Waals surface area contributed by atoms with E-state index in [1.807, 2.05) is 0 Å². The van der Waals surface area contributed by atoms with E-state index in [9.17, 15) is 13.6 Å². The third-order valence-electron chi connectivity index (χ3n) is 5.23. The third-order valence-corrected chi connectivity index (χ3v) is 5.23. The van der Waals surface area contributed by atoms with Crippen LogP contribution < -0.4 is 10.9 Å². The Morgan fingerprint density at radius 2 is 1.97 bits per heavy atom. The van der Waals surface area contributed by atoms with Crippen LogP contribution >= 0.6 is 0 Å². The van der Waals surface area contributed by atoms with E-state index in [1.54, 1.807) is 19.3 Å². The normalized spacial score (nSPS) is 14.9. The van der Waals surface area contributed by atoms with Crippen LogP contribution in [0.5, 0.6) is 0 Å². The molecule has 1 fully saturated rings. The number of hydrogen-bond acceptors (Lipinski definition) is 6. The lowest BCUT2D eigenvalue weighted by atomic mass is 10.0. The number of ether oxygens (including phenoxy) is 1. The molecule has 0 aliphatic carbocycles. The van der Waals surface area contributed by atoms with Crippen LogP contribution in [0.2, 0.25) is 0 Å². The van der Waals surface area contributed by atoms with E-state index in [2.05, 4.69) is 20.2 Å². The van der Waals surface area contributed by atoms with Gasteiger partial charge in [-0.1, -0.05) is 6.07 Å². The van der Waals surface area contributed by atoms with E-state index < -0.39 is 11.6 Å². The second kappa shape index (κ2) is 8.85. The molecule has 1 aliphatic rings. The van der Waals surface area contributed by atoms with Gasteiger partial charge in [-0.2, -0.15) is 4.98 Å². The molecule has 158 valence electrons. The number of benzene rings is 1. The first kappa shape index (κ1) is 20.4. The SMILES string of the molecule is Cn1c(=O)c(Cc2ccc(F)cc2F)cc2cnc(NCCN3CCOCC3)nc21. The van der Waals surface area contributed by atoms with Gasteiger partial charge in [0.25, 0.3) is 5.56 Å². The topological polar surface area (TPSA) is 72.3 Å². The van der Waals surface area contributed by atoms with Gasteiger partial charge in [0, 0.05) is 62.9 Å². The summed E-state index contributed by atoms with van der Waals surface area (Å²) in [6.45, 7) is 4.85. The molecule has 7 nitrogen and oxygen atoms in total. The van der Waals surface area contributed by atoms with Crippen LogP contribution in [-0.4, -0.2) is 58.8 Å². The molecule has 1 aliphatic heterocycles. The van der Waals surface area contributed by atoms with E-state index in [0.717, 1.165) is 38.9 Å². The minimum Gasteiger partial charge on any atom is -0.379 e. The predicted octanol–water partition coefficient (Wildman–Crippen LogP) is 1.94. The number of aromatic nitrogens is 3. The Bertz CT molecular complexity index is 1110. The number of halogens is 2. The van der Waals surface area contributed by atoms with Crippen LogP contribution in [0.3, 0.4) is 0 Å². The summed E-state index contributed by atoms with van der Waals surface area (Å²) >= 11 is 0. The van der Waals surface area contributed by atoms with Crippen molar-refractivity contribution in [2.24, 2.45) is 7.05 Å². The summed E-state index contributed by atoms with van der Waals surface area (Å²) in [7, 11) is 1.62. The standard InChI is InChI=1S/C21H23F2N5O2/c1-27-19-16(11-15(20(27)29)10-14-2-3-17(22)12-18(14)23)13-25-21(26-19)24-4-5-28-6-8-30-9-7-28/h2-3,11-13H,4-10H2,1H3,(H,24,25,26). The average Bonchev–Trinajstić information content (AvgIpc) is 2.75. The van der Waals surface area contributed by atoms with Crippen molar-refractivity contribution in [2.45, 2.75) is 6.42 Å². The lowest BCUT2D eigenvalue weighted by Crippen LogP contribution is -2.39. The first-order valence-electron chi connectivity index (χ1n) is 9.85. The Hall–Kier alpha value is -2.91. The number of aryl methyl sites for hydroxylation is 1. The van der Waals surface area contributed by atoms with Crippen molar-refractivity contribution in [1.29, 1.82) is 0 Å². The van der Waals surface area contributed by atoms with Crippen molar-refractivity contribution in [2.75, 3.05) is 44.7 Å². The van der Waals surface area contributed by atoms with Gasteiger partial charge in [0.1, 0.15) is 17.3 Å². The van der Waals surface area contributed by atoms with Crippen LogP contribution in [0.1, 0.15) is 11.1 Å². The van der Waals surface area contributed by atoms with Crippen molar-refractivity contribution in [3.05, 3.63) is 63.6 Å². The van der Waals surface area contributed by atoms with Gasteiger partial charge in [-0.05, 0) is 17.7 Å². The minimum atomic E-state index is -0.673. The van der Waals surface area contributed by atoms with E-state index in [1.165, 1.54) is 16.7 Å². The van der Waals surface area contributed by atoms with Gasteiger partial charge in [0.15, 0.2) is 0 Å². The number of rotatable bonds is 6. The molecular weight excluding hydrogens is 392 g/mol. The monoisotopic (exact) mass is 415 g/mol. The van der Waals surface area contributed by atoms with Crippen molar-refractivity contribution >= 4 is 17.0 Å². The summed E-state index contributed by atoms with van der Waals surface area (Å²) < 4.78 is 33.9. The van der Waals surface area contributed by atoms with Gasteiger partial charge < -0.3 is 10.1 Å². The molecule has 9 heteroatoms. The number of morpholine rings is 1. The lowest BCUT2D eigenvalue weighted by Gasteiger charge is -2.26. The van der Waals surface area contributed by atoms with Gasteiger partial charge in [-0.25, -0.2) is 13.8 Å². The molecule has 4 rings (SSSR count). The van der Waals surface area contributed by atoms with E-state index >= 15 is 0 Å². The Morgan fingerprint density at radius 3 is 2.73 bits per heavy atom. The maximum Gasteiger partial charge on any atom is 0.255 e. The lowest BCUT2D eigenvalue weighted by molar-refractivity contribution is 0.0398. The number of nitrogens with zero attached hydrogens (tertiary/aromatic N) is 4. The van der Waals surface area contributed by atoms with Crippen LogP contribution in [0.25, 0.3) is 11.0 Å². The molecule has 3 heterocycles. The number of pyridine rings is 1. The first-order chi connectivity index (χ1) is 14.5. The highest BCUT2D eigenvalue weighted by Crippen LogP contribution is 2.17. The molecule has 1 saturated heterocycles. The van der Waals surface area contributed by atoms with E-state index in [-0.39, 0.29) is 17.5 Å². The van der Waals surface area contributed by atoms with Crippen LogP contribution in [-0.2, 0) is 18.2 Å². The molecule has 0 amide bonds. The molecule has 0 unspecified atom stereocenters. The van der Waals surface area contributed by atoms with Crippen molar-refractivity contribution in [1.82, 2.24) is 19.4 Å². The fourth-order valence-electron chi connectivity index (χ4n) is 3.55. The van der Waals surface area contributed by atoms with Gasteiger partial charge in [0.2, 0.25) is 5.95 Å². The summed E-state index contributed by atoms with van der Waals surface area (Å²) in [6, 6.07) is 5.02. The molecule has 2 aromatic heterocycles. The Balaban J connectivity index is 1.52. The zero-order chi connectivity index (χ0) is 21.1. The maximum absolute atomic E-state index is 14.0. The Kier molecular flexibility index (Phi) is 6.01. The smallest absolute Gasteiger partial charge is 0.255 e. The average molecular weight is 415 g/mol. The molecule has 0 bridgehead atoms. The zero-order valence-corrected chi connectivity index (χ0v) is 16.7.